The van der Waals surface area contributed by atoms with Crippen LogP contribution in [0.25, 0.3) is 0 Å². The van der Waals surface area contributed by atoms with Gasteiger partial charge in [0.1, 0.15) is 6.04 Å². The number of carbonyl (C=O) groups excluding carboxylic acids is 3. The van der Waals surface area contributed by atoms with Gasteiger partial charge in [-0.05, 0) is 25.0 Å². The molecule has 0 fully saturated rings. The van der Waals surface area contributed by atoms with Gasteiger partial charge in [0.15, 0.2) is 0 Å². The molecule has 0 spiro atoms. The Morgan fingerprint density at radius 2 is 1.57 bits per heavy atom. The summed E-state index contributed by atoms with van der Waals surface area (Å²) in [6.45, 7) is 7.78. The highest BCUT2D eigenvalue weighted by atomic mass is 16.2. The summed E-state index contributed by atoms with van der Waals surface area (Å²) in [6.07, 6.45) is 0. The number of aryl methyl sites for hydroxylation is 1. The van der Waals surface area contributed by atoms with Crippen LogP contribution in [-0.4, -0.2) is 36.9 Å². The molecule has 0 heterocycles. The molecule has 1 rings (SSSR count). The van der Waals surface area contributed by atoms with Gasteiger partial charge >= 0.3 is 0 Å². The van der Waals surface area contributed by atoms with Gasteiger partial charge in [-0.3, -0.25) is 14.4 Å². The van der Waals surface area contributed by atoms with Crippen molar-refractivity contribution in [2.45, 2.75) is 33.7 Å². The van der Waals surface area contributed by atoms with Crippen LogP contribution in [-0.2, 0) is 9.59 Å². The second-order valence-corrected chi connectivity index (χ2v) is 5.84. The van der Waals surface area contributed by atoms with Crippen LogP contribution in [0.3, 0.4) is 0 Å². The number of benzene rings is 1. The lowest BCUT2D eigenvalue weighted by molar-refractivity contribution is -0.124. The first kappa shape index (κ1) is 18.7. The SMILES string of the molecule is CC(=O)NCCNC(=O)[C@@H](NC(=O)c1ccc(C)cc1)C(C)C. The van der Waals surface area contributed by atoms with Crippen LogP contribution in [0.4, 0.5) is 0 Å². The minimum atomic E-state index is -0.624. The predicted molar refractivity (Wildman–Crippen MR) is 89.0 cm³/mol. The highest BCUT2D eigenvalue weighted by Gasteiger charge is 2.24. The third-order valence-electron chi connectivity index (χ3n) is 3.35. The van der Waals surface area contributed by atoms with Crippen molar-refractivity contribution in [3.05, 3.63) is 35.4 Å². The van der Waals surface area contributed by atoms with E-state index in [1.165, 1.54) is 6.92 Å². The molecule has 0 aliphatic rings. The van der Waals surface area contributed by atoms with Crippen molar-refractivity contribution < 1.29 is 14.4 Å². The number of hydrogen-bond donors (Lipinski definition) is 3. The maximum Gasteiger partial charge on any atom is 0.251 e. The lowest BCUT2D eigenvalue weighted by Gasteiger charge is -2.22. The van der Waals surface area contributed by atoms with Gasteiger partial charge < -0.3 is 16.0 Å². The highest BCUT2D eigenvalue weighted by molar-refractivity contribution is 5.97. The number of rotatable bonds is 7. The topological polar surface area (TPSA) is 87.3 Å². The fourth-order valence-electron chi connectivity index (χ4n) is 2.00. The van der Waals surface area contributed by atoms with E-state index in [0.29, 0.717) is 18.7 Å². The third-order valence-corrected chi connectivity index (χ3v) is 3.35. The molecular weight excluding hydrogens is 294 g/mol. The zero-order valence-electron chi connectivity index (χ0n) is 14.1. The smallest absolute Gasteiger partial charge is 0.251 e. The fourth-order valence-corrected chi connectivity index (χ4v) is 2.00. The molecule has 23 heavy (non-hydrogen) atoms. The molecule has 0 saturated heterocycles. The van der Waals surface area contributed by atoms with E-state index < -0.39 is 6.04 Å². The Labute approximate surface area is 137 Å². The molecule has 0 saturated carbocycles. The maximum atomic E-state index is 12.2. The number of amides is 3. The van der Waals surface area contributed by atoms with Crippen molar-refractivity contribution in [3.8, 4) is 0 Å². The van der Waals surface area contributed by atoms with Crippen LogP contribution in [0, 0.1) is 12.8 Å². The second kappa shape index (κ2) is 8.92. The van der Waals surface area contributed by atoms with Crippen molar-refractivity contribution >= 4 is 17.7 Å². The molecule has 0 aliphatic heterocycles. The van der Waals surface area contributed by atoms with E-state index in [9.17, 15) is 14.4 Å². The standard InChI is InChI=1S/C17H25N3O3/c1-11(2)15(17(23)19-10-9-18-13(4)21)20-16(22)14-7-5-12(3)6-8-14/h5-8,11,15H,9-10H2,1-4H3,(H,18,21)(H,19,23)(H,20,22)/t15-/m0/s1. The molecule has 0 aliphatic carbocycles. The summed E-state index contributed by atoms with van der Waals surface area (Å²) in [7, 11) is 0. The van der Waals surface area contributed by atoms with Gasteiger partial charge in [0.2, 0.25) is 11.8 Å². The number of hydrogen-bond acceptors (Lipinski definition) is 3. The van der Waals surface area contributed by atoms with Crippen molar-refractivity contribution in [3.63, 3.8) is 0 Å². The third kappa shape index (κ3) is 6.50. The molecule has 1 atom stereocenters. The Morgan fingerprint density at radius 1 is 1.00 bits per heavy atom. The van der Waals surface area contributed by atoms with E-state index in [0.717, 1.165) is 5.56 Å². The van der Waals surface area contributed by atoms with Gasteiger partial charge in [-0.25, -0.2) is 0 Å². The summed E-state index contributed by atoms with van der Waals surface area (Å²) in [4.78, 5) is 35.2. The molecule has 6 nitrogen and oxygen atoms in total. The van der Waals surface area contributed by atoms with Gasteiger partial charge in [0.25, 0.3) is 5.91 Å². The van der Waals surface area contributed by atoms with Gasteiger partial charge in [-0.15, -0.1) is 0 Å². The second-order valence-electron chi connectivity index (χ2n) is 5.84. The molecule has 3 amide bonds. The summed E-state index contributed by atoms with van der Waals surface area (Å²) in [6, 6.07) is 6.55. The van der Waals surface area contributed by atoms with Gasteiger partial charge in [0, 0.05) is 25.6 Å². The van der Waals surface area contributed by atoms with Gasteiger partial charge in [0.05, 0.1) is 0 Å². The van der Waals surface area contributed by atoms with Gasteiger partial charge in [-0.2, -0.15) is 0 Å². The number of nitrogens with one attached hydrogen (secondary N) is 3. The molecule has 3 N–H and O–H groups in total. The molecule has 0 unspecified atom stereocenters. The zero-order valence-corrected chi connectivity index (χ0v) is 14.1. The van der Waals surface area contributed by atoms with E-state index in [-0.39, 0.29) is 23.6 Å². The lowest BCUT2D eigenvalue weighted by atomic mass is 10.0. The van der Waals surface area contributed by atoms with Crippen LogP contribution in [0.5, 0.6) is 0 Å². The monoisotopic (exact) mass is 319 g/mol. The van der Waals surface area contributed by atoms with Crippen molar-refractivity contribution in [2.24, 2.45) is 5.92 Å². The summed E-state index contributed by atoms with van der Waals surface area (Å²) >= 11 is 0. The Morgan fingerprint density at radius 3 is 2.09 bits per heavy atom. The normalized spacial score (nSPS) is 11.7. The quantitative estimate of drug-likeness (QED) is 0.655. The zero-order chi connectivity index (χ0) is 17.4. The summed E-state index contributed by atoms with van der Waals surface area (Å²) in [5, 5.41) is 8.08. The minimum Gasteiger partial charge on any atom is -0.355 e. The van der Waals surface area contributed by atoms with E-state index in [1.54, 1.807) is 12.1 Å². The fraction of sp³-hybridized carbons (Fsp3) is 0.471. The van der Waals surface area contributed by atoms with E-state index in [2.05, 4.69) is 16.0 Å². The van der Waals surface area contributed by atoms with Crippen LogP contribution in [0.2, 0.25) is 0 Å². The molecule has 1 aromatic carbocycles. The molecule has 1 aromatic rings. The average Bonchev–Trinajstić information content (AvgIpc) is 2.48. The Balaban J connectivity index is 2.60. The molecule has 0 radical (unpaired) electrons. The molecule has 126 valence electrons. The first-order chi connectivity index (χ1) is 10.8. The van der Waals surface area contributed by atoms with E-state index in [4.69, 9.17) is 0 Å². The summed E-state index contributed by atoms with van der Waals surface area (Å²) < 4.78 is 0. The van der Waals surface area contributed by atoms with Crippen LogP contribution >= 0.6 is 0 Å². The van der Waals surface area contributed by atoms with Crippen LogP contribution < -0.4 is 16.0 Å². The average molecular weight is 319 g/mol. The van der Waals surface area contributed by atoms with E-state index >= 15 is 0 Å². The van der Waals surface area contributed by atoms with E-state index in [1.807, 2.05) is 32.9 Å². The number of carbonyl (C=O) groups is 3. The van der Waals surface area contributed by atoms with Crippen LogP contribution in [0.15, 0.2) is 24.3 Å². The minimum absolute atomic E-state index is 0.0508. The van der Waals surface area contributed by atoms with Gasteiger partial charge in [-0.1, -0.05) is 31.5 Å². The van der Waals surface area contributed by atoms with Crippen molar-refractivity contribution in [1.29, 1.82) is 0 Å². The Hall–Kier alpha value is -2.37. The maximum absolute atomic E-state index is 12.2. The van der Waals surface area contributed by atoms with Crippen LogP contribution in [0.1, 0.15) is 36.7 Å². The Kier molecular flexibility index (Phi) is 7.25. The first-order valence-electron chi connectivity index (χ1n) is 7.71. The summed E-state index contributed by atoms with van der Waals surface area (Å²) in [5.74, 6) is -0.732. The highest BCUT2D eigenvalue weighted by Crippen LogP contribution is 2.06. The Bertz CT molecular complexity index is 553. The largest absolute Gasteiger partial charge is 0.355 e. The molecule has 6 heteroatoms. The lowest BCUT2D eigenvalue weighted by Crippen LogP contribution is -2.50. The molecule has 0 bridgehead atoms. The predicted octanol–water partition coefficient (Wildman–Crippen LogP) is 1.00. The van der Waals surface area contributed by atoms with Crippen molar-refractivity contribution in [2.75, 3.05) is 13.1 Å². The molecular formula is C17H25N3O3. The summed E-state index contributed by atoms with van der Waals surface area (Å²) in [5.41, 5.74) is 1.59. The van der Waals surface area contributed by atoms with Crippen molar-refractivity contribution in [1.82, 2.24) is 16.0 Å². The molecule has 0 aromatic heterocycles. The first-order valence-corrected chi connectivity index (χ1v) is 7.71.